The van der Waals surface area contributed by atoms with Crippen molar-refractivity contribution in [2.24, 2.45) is 23.3 Å². The van der Waals surface area contributed by atoms with Gasteiger partial charge in [-0.1, -0.05) is 13.8 Å². The molecule has 0 aliphatic carbocycles. The summed E-state index contributed by atoms with van der Waals surface area (Å²) in [5.41, 5.74) is 11.6. The summed E-state index contributed by atoms with van der Waals surface area (Å²) in [4.78, 5) is 10.7. The van der Waals surface area contributed by atoms with Crippen LogP contribution >= 0.6 is 0 Å². The number of carbonyl (C=O) groups excluding carboxylic acids is 1. The molecule has 0 saturated heterocycles. The minimum Gasteiger partial charge on any atom is -0.382 e. The molecular weight excluding hydrogens is 218 g/mol. The zero-order chi connectivity index (χ0) is 12.8. The molecule has 1 aromatic heterocycles. The van der Waals surface area contributed by atoms with Gasteiger partial charge in [0.15, 0.2) is 0 Å². The van der Waals surface area contributed by atoms with Gasteiger partial charge in [-0.15, -0.1) is 0 Å². The van der Waals surface area contributed by atoms with Gasteiger partial charge in [0.2, 0.25) is 5.91 Å². The van der Waals surface area contributed by atoms with Crippen molar-refractivity contribution in [3.05, 3.63) is 12.4 Å². The highest BCUT2D eigenvalue weighted by molar-refractivity contribution is 5.73. The van der Waals surface area contributed by atoms with E-state index in [9.17, 15) is 4.79 Å². The van der Waals surface area contributed by atoms with E-state index in [1.54, 1.807) is 12.4 Å². The van der Waals surface area contributed by atoms with E-state index in [1.807, 2.05) is 0 Å². The summed E-state index contributed by atoms with van der Waals surface area (Å²) >= 11 is 0. The highest BCUT2D eigenvalue weighted by atomic mass is 16.1. The predicted molar refractivity (Wildman–Crippen MR) is 67.3 cm³/mol. The molecule has 1 amide bonds. The van der Waals surface area contributed by atoms with Crippen molar-refractivity contribution in [2.75, 3.05) is 18.4 Å². The normalized spacial score (nSPS) is 12.7. The van der Waals surface area contributed by atoms with Gasteiger partial charge >= 0.3 is 0 Å². The molecule has 6 nitrogen and oxygen atoms in total. The Balaban J connectivity index is 2.46. The quantitative estimate of drug-likeness (QED) is 0.624. The lowest BCUT2D eigenvalue weighted by Crippen LogP contribution is -2.27. The fourth-order valence-corrected chi connectivity index (χ4v) is 1.54. The topological polar surface area (TPSA) is 99.0 Å². The number of rotatable bonds is 7. The summed E-state index contributed by atoms with van der Waals surface area (Å²) in [6.45, 7) is 5.86. The van der Waals surface area contributed by atoms with Gasteiger partial charge in [-0.3, -0.25) is 9.48 Å². The molecule has 1 rings (SSSR count). The first-order valence-corrected chi connectivity index (χ1v) is 5.77. The zero-order valence-electron chi connectivity index (χ0n) is 10.4. The first-order chi connectivity index (χ1) is 8.02. The molecule has 0 fully saturated rings. The number of carbonyl (C=O) groups is 1. The third-order valence-electron chi connectivity index (χ3n) is 2.77. The van der Waals surface area contributed by atoms with Crippen LogP contribution in [0.4, 0.5) is 5.69 Å². The Hall–Kier alpha value is -1.56. The van der Waals surface area contributed by atoms with Gasteiger partial charge in [-0.2, -0.15) is 5.10 Å². The molecule has 1 unspecified atom stereocenters. The van der Waals surface area contributed by atoms with Crippen LogP contribution in [0.3, 0.4) is 0 Å². The number of primary amides is 1. The molecule has 0 aromatic carbocycles. The SMILES string of the molecule is CC(C)C(CN)CNc1cnn(CC(N)=O)c1. The van der Waals surface area contributed by atoms with Crippen LogP contribution in [0.5, 0.6) is 0 Å². The third kappa shape index (κ3) is 4.44. The molecule has 1 atom stereocenters. The lowest BCUT2D eigenvalue weighted by atomic mass is 9.96. The summed E-state index contributed by atoms with van der Waals surface area (Å²) in [6.07, 6.45) is 3.44. The van der Waals surface area contributed by atoms with E-state index in [4.69, 9.17) is 11.5 Å². The van der Waals surface area contributed by atoms with Crippen LogP contribution in [0.1, 0.15) is 13.8 Å². The zero-order valence-corrected chi connectivity index (χ0v) is 10.4. The summed E-state index contributed by atoms with van der Waals surface area (Å²) in [5, 5.41) is 7.28. The molecule has 1 heterocycles. The van der Waals surface area contributed by atoms with Crippen LogP contribution in [0.15, 0.2) is 12.4 Å². The second kappa shape index (κ2) is 6.24. The third-order valence-corrected chi connectivity index (χ3v) is 2.77. The summed E-state index contributed by atoms with van der Waals surface area (Å²) < 4.78 is 1.51. The maximum absolute atomic E-state index is 10.7. The molecule has 17 heavy (non-hydrogen) atoms. The number of nitrogens with one attached hydrogen (secondary N) is 1. The Morgan fingerprint density at radius 3 is 2.82 bits per heavy atom. The average molecular weight is 239 g/mol. The van der Waals surface area contributed by atoms with Gasteiger partial charge in [-0.25, -0.2) is 0 Å². The van der Waals surface area contributed by atoms with Gasteiger partial charge in [0.25, 0.3) is 0 Å². The Morgan fingerprint density at radius 1 is 1.59 bits per heavy atom. The number of hydrogen-bond acceptors (Lipinski definition) is 4. The molecule has 6 heteroatoms. The van der Waals surface area contributed by atoms with Crippen molar-refractivity contribution in [1.82, 2.24) is 9.78 Å². The van der Waals surface area contributed by atoms with E-state index < -0.39 is 5.91 Å². The van der Waals surface area contributed by atoms with Gasteiger partial charge in [0, 0.05) is 12.7 Å². The van der Waals surface area contributed by atoms with E-state index in [-0.39, 0.29) is 6.54 Å². The number of anilines is 1. The van der Waals surface area contributed by atoms with E-state index in [0.717, 1.165) is 12.2 Å². The number of hydrogen-bond donors (Lipinski definition) is 3. The number of nitrogens with zero attached hydrogens (tertiary/aromatic N) is 2. The van der Waals surface area contributed by atoms with Crippen molar-refractivity contribution >= 4 is 11.6 Å². The number of amides is 1. The van der Waals surface area contributed by atoms with Crippen molar-refractivity contribution < 1.29 is 4.79 Å². The molecule has 96 valence electrons. The van der Waals surface area contributed by atoms with E-state index in [0.29, 0.717) is 18.4 Å². The Morgan fingerprint density at radius 2 is 2.29 bits per heavy atom. The molecule has 0 saturated carbocycles. The van der Waals surface area contributed by atoms with Crippen molar-refractivity contribution in [1.29, 1.82) is 0 Å². The van der Waals surface area contributed by atoms with Crippen LogP contribution in [0.25, 0.3) is 0 Å². The van der Waals surface area contributed by atoms with E-state index in [1.165, 1.54) is 4.68 Å². The largest absolute Gasteiger partial charge is 0.382 e. The highest BCUT2D eigenvalue weighted by Gasteiger charge is 2.11. The molecular formula is C11H21N5O. The van der Waals surface area contributed by atoms with Crippen LogP contribution in [0, 0.1) is 11.8 Å². The van der Waals surface area contributed by atoms with Crippen molar-refractivity contribution in [3.8, 4) is 0 Å². The minimum absolute atomic E-state index is 0.103. The first kappa shape index (κ1) is 13.5. The Labute approximate surface area is 101 Å². The standard InChI is InChI=1S/C11H21N5O/c1-8(2)9(3-12)4-14-10-5-15-16(6-10)7-11(13)17/h5-6,8-9,14H,3-4,7,12H2,1-2H3,(H2,13,17). The summed E-state index contributed by atoms with van der Waals surface area (Å²) in [7, 11) is 0. The van der Waals surface area contributed by atoms with Gasteiger partial charge in [-0.05, 0) is 18.4 Å². The molecule has 1 aromatic rings. The molecule has 0 aliphatic heterocycles. The number of nitrogens with two attached hydrogens (primary N) is 2. The Bertz CT molecular complexity index is 360. The van der Waals surface area contributed by atoms with Crippen LogP contribution < -0.4 is 16.8 Å². The second-order valence-electron chi connectivity index (χ2n) is 4.51. The van der Waals surface area contributed by atoms with Crippen molar-refractivity contribution in [3.63, 3.8) is 0 Å². The van der Waals surface area contributed by atoms with Gasteiger partial charge < -0.3 is 16.8 Å². The molecule has 0 bridgehead atoms. The summed E-state index contributed by atoms with van der Waals surface area (Å²) in [5.74, 6) is 0.560. The fourth-order valence-electron chi connectivity index (χ4n) is 1.54. The highest BCUT2D eigenvalue weighted by Crippen LogP contribution is 2.11. The Kier molecular flexibility index (Phi) is 4.96. The van der Waals surface area contributed by atoms with E-state index in [2.05, 4.69) is 24.3 Å². The fraction of sp³-hybridized carbons (Fsp3) is 0.636. The maximum Gasteiger partial charge on any atom is 0.239 e. The second-order valence-corrected chi connectivity index (χ2v) is 4.51. The number of aromatic nitrogens is 2. The lowest BCUT2D eigenvalue weighted by molar-refractivity contribution is -0.118. The minimum atomic E-state index is -0.401. The lowest BCUT2D eigenvalue weighted by Gasteiger charge is -2.19. The predicted octanol–water partition coefficient (Wildman–Crippen LogP) is 0.0112. The van der Waals surface area contributed by atoms with Crippen LogP contribution in [0.2, 0.25) is 0 Å². The van der Waals surface area contributed by atoms with Gasteiger partial charge in [0.05, 0.1) is 11.9 Å². The van der Waals surface area contributed by atoms with Crippen LogP contribution in [-0.4, -0.2) is 28.8 Å². The summed E-state index contributed by atoms with van der Waals surface area (Å²) in [6, 6.07) is 0. The average Bonchev–Trinajstić information content (AvgIpc) is 2.65. The first-order valence-electron chi connectivity index (χ1n) is 5.77. The van der Waals surface area contributed by atoms with Crippen LogP contribution in [-0.2, 0) is 11.3 Å². The smallest absolute Gasteiger partial charge is 0.239 e. The van der Waals surface area contributed by atoms with Crippen molar-refractivity contribution in [2.45, 2.75) is 20.4 Å². The molecule has 0 aliphatic rings. The molecule has 5 N–H and O–H groups in total. The van der Waals surface area contributed by atoms with E-state index >= 15 is 0 Å². The maximum atomic E-state index is 10.7. The molecule has 0 radical (unpaired) electrons. The monoisotopic (exact) mass is 239 g/mol. The van der Waals surface area contributed by atoms with Gasteiger partial charge in [0.1, 0.15) is 6.54 Å². The molecule has 0 spiro atoms.